The van der Waals surface area contributed by atoms with E-state index in [1.807, 2.05) is 0 Å². The standard InChI is InChI=1S/C12H14ClFO/c1-12(2)10(13)7-11(12)15-9-5-3-8(14)4-6-9/h3-6,10-11H,7H2,1-2H3. The van der Waals surface area contributed by atoms with Crippen LogP contribution in [0.5, 0.6) is 5.75 Å². The summed E-state index contributed by atoms with van der Waals surface area (Å²) in [4.78, 5) is 0. The largest absolute Gasteiger partial charge is 0.490 e. The first-order valence-corrected chi connectivity index (χ1v) is 5.50. The third-order valence-corrected chi connectivity index (χ3v) is 3.89. The normalized spacial score (nSPS) is 28.3. The monoisotopic (exact) mass is 228 g/mol. The van der Waals surface area contributed by atoms with Crippen molar-refractivity contribution in [2.24, 2.45) is 5.41 Å². The van der Waals surface area contributed by atoms with Gasteiger partial charge >= 0.3 is 0 Å². The van der Waals surface area contributed by atoms with Crippen molar-refractivity contribution in [1.29, 1.82) is 0 Å². The molecule has 0 radical (unpaired) electrons. The van der Waals surface area contributed by atoms with E-state index in [2.05, 4.69) is 13.8 Å². The van der Waals surface area contributed by atoms with E-state index < -0.39 is 0 Å². The quantitative estimate of drug-likeness (QED) is 0.703. The van der Waals surface area contributed by atoms with Gasteiger partial charge in [0.25, 0.3) is 0 Å². The van der Waals surface area contributed by atoms with E-state index in [1.54, 1.807) is 12.1 Å². The lowest BCUT2D eigenvalue weighted by Crippen LogP contribution is -2.53. The number of halogens is 2. The Hall–Kier alpha value is -0.760. The highest BCUT2D eigenvalue weighted by atomic mass is 35.5. The molecule has 3 heteroatoms. The van der Waals surface area contributed by atoms with E-state index in [4.69, 9.17) is 16.3 Å². The summed E-state index contributed by atoms with van der Waals surface area (Å²) in [5.74, 6) is 0.462. The summed E-state index contributed by atoms with van der Waals surface area (Å²) in [6.07, 6.45) is 0.983. The third kappa shape index (κ3) is 1.96. The van der Waals surface area contributed by atoms with E-state index in [0.717, 1.165) is 6.42 Å². The van der Waals surface area contributed by atoms with Gasteiger partial charge in [-0.25, -0.2) is 4.39 Å². The molecule has 1 fully saturated rings. The van der Waals surface area contributed by atoms with Crippen molar-refractivity contribution < 1.29 is 9.13 Å². The van der Waals surface area contributed by atoms with Gasteiger partial charge in [-0.1, -0.05) is 13.8 Å². The molecule has 1 aliphatic rings. The molecule has 15 heavy (non-hydrogen) atoms. The molecular formula is C12H14ClFO. The average Bonchev–Trinajstić information content (AvgIpc) is 2.21. The molecule has 2 atom stereocenters. The van der Waals surface area contributed by atoms with Crippen LogP contribution in [0.2, 0.25) is 0 Å². The maximum absolute atomic E-state index is 12.7. The number of benzene rings is 1. The SMILES string of the molecule is CC1(C)C(Cl)CC1Oc1ccc(F)cc1. The van der Waals surface area contributed by atoms with Gasteiger partial charge < -0.3 is 4.74 Å². The van der Waals surface area contributed by atoms with E-state index >= 15 is 0 Å². The Morgan fingerprint density at radius 3 is 2.40 bits per heavy atom. The molecule has 0 saturated heterocycles. The van der Waals surface area contributed by atoms with Crippen molar-refractivity contribution in [1.82, 2.24) is 0 Å². The zero-order valence-electron chi connectivity index (χ0n) is 8.84. The second-order valence-electron chi connectivity index (χ2n) is 4.59. The molecule has 1 aliphatic carbocycles. The summed E-state index contributed by atoms with van der Waals surface area (Å²) in [6.45, 7) is 4.17. The van der Waals surface area contributed by atoms with Crippen LogP contribution < -0.4 is 4.74 Å². The molecular weight excluding hydrogens is 215 g/mol. The van der Waals surface area contributed by atoms with Crippen LogP contribution in [-0.4, -0.2) is 11.5 Å². The van der Waals surface area contributed by atoms with Crippen molar-refractivity contribution in [3.63, 3.8) is 0 Å². The average molecular weight is 229 g/mol. The molecule has 1 nitrogen and oxygen atoms in total. The molecule has 0 heterocycles. The molecule has 0 aromatic heterocycles. The molecule has 1 aromatic carbocycles. The molecule has 0 bridgehead atoms. The minimum Gasteiger partial charge on any atom is -0.490 e. The lowest BCUT2D eigenvalue weighted by molar-refractivity contribution is -0.0130. The van der Waals surface area contributed by atoms with Gasteiger partial charge in [-0.05, 0) is 24.3 Å². The second-order valence-corrected chi connectivity index (χ2v) is 5.11. The molecule has 2 unspecified atom stereocenters. The van der Waals surface area contributed by atoms with Crippen molar-refractivity contribution in [3.8, 4) is 5.75 Å². The maximum atomic E-state index is 12.7. The Bertz CT molecular complexity index is 347. The third-order valence-electron chi connectivity index (χ3n) is 3.15. The molecule has 0 N–H and O–H groups in total. The second kappa shape index (κ2) is 3.67. The van der Waals surface area contributed by atoms with Crippen LogP contribution >= 0.6 is 11.6 Å². The number of ether oxygens (including phenoxy) is 1. The van der Waals surface area contributed by atoms with Crippen molar-refractivity contribution in [2.45, 2.75) is 31.7 Å². The number of hydrogen-bond acceptors (Lipinski definition) is 1. The Morgan fingerprint density at radius 2 is 1.93 bits per heavy atom. The van der Waals surface area contributed by atoms with Crippen LogP contribution in [0.4, 0.5) is 4.39 Å². The van der Waals surface area contributed by atoms with Crippen LogP contribution in [0.25, 0.3) is 0 Å². The summed E-state index contributed by atoms with van der Waals surface area (Å²) < 4.78 is 18.4. The van der Waals surface area contributed by atoms with E-state index in [0.29, 0.717) is 5.75 Å². The fourth-order valence-corrected chi connectivity index (χ4v) is 2.02. The lowest BCUT2D eigenvalue weighted by Gasteiger charge is -2.48. The minimum absolute atomic E-state index is 0.00403. The van der Waals surface area contributed by atoms with Gasteiger partial charge in [-0.2, -0.15) is 0 Å². The van der Waals surface area contributed by atoms with Crippen molar-refractivity contribution >= 4 is 11.6 Å². The van der Waals surface area contributed by atoms with Crippen LogP contribution in [0.3, 0.4) is 0 Å². The molecule has 0 amide bonds. The zero-order chi connectivity index (χ0) is 11.1. The molecule has 0 spiro atoms. The van der Waals surface area contributed by atoms with Gasteiger partial charge in [0, 0.05) is 17.2 Å². The van der Waals surface area contributed by atoms with Crippen molar-refractivity contribution in [2.75, 3.05) is 0 Å². The summed E-state index contributed by atoms with van der Waals surface area (Å²) >= 11 is 6.09. The fourth-order valence-electron chi connectivity index (χ4n) is 1.71. The highest BCUT2D eigenvalue weighted by Crippen LogP contribution is 2.46. The Labute approximate surface area is 94.2 Å². The predicted molar refractivity (Wildman–Crippen MR) is 58.9 cm³/mol. The van der Waals surface area contributed by atoms with Gasteiger partial charge in [0.2, 0.25) is 0 Å². The lowest BCUT2D eigenvalue weighted by atomic mass is 9.68. The molecule has 1 aromatic rings. The first-order valence-electron chi connectivity index (χ1n) is 5.06. The molecule has 2 rings (SSSR count). The number of rotatable bonds is 2. The Balaban J connectivity index is 2.02. The van der Waals surface area contributed by atoms with Gasteiger partial charge in [-0.3, -0.25) is 0 Å². The van der Waals surface area contributed by atoms with E-state index in [-0.39, 0.29) is 22.7 Å². The van der Waals surface area contributed by atoms with Crippen molar-refractivity contribution in [3.05, 3.63) is 30.1 Å². The smallest absolute Gasteiger partial charge is 0.123 e. The highest BCUT2D eigenvalue weighted by Gasteiger charge is 2.49. The Kier molecular flexibility index (Phi) is 2.63. The van der Waals surface area contributed by atoms with E-state index in [9.17, 15) is 4.39 Å². The van der Waals surface area contributed by atoms with Crippen LogP contribution in [-0.2, 0) is 0 Å². The van der Waals surface area contributed by atoms with Crippen LogP contribution in [0.1, 0.15) is 20.3 Å². The summed E-state index contributed by atoms with van der Waals surface area (Å²) in [5.41, 5.74) is -0.00403. The molecule has 0 aliphatic heterocycles. The first kappa shape index (κ1) is 10.7. The predicted octanol–water partition coefficient (Wildman–Crippen LogP) is 3.61. The Morgan fingerprint density at radius 1 is 1.33 bits per heavy atom. The van der Waals surface area contributed by atoms with E-state index in [1.165, 1.54) is 12.1 Å². The van der Waals surface area contributed by atoms with Gasteiger partial charge in [-0.15, -0.1) is 11.6 Å². The fraction of sp³-hybridized carbons (Fsp3) is 0.500. The minimum atomic E-state index is -0.245. The number of alkyl halides is 1. The summed E-state index contributed by atoms with van der Waals surface area (Å²) in [6, 6.07) is 6.10. The molecule has 82 valence electrons. The zero-order valence-corrected chi connectivity index (χ0v) is 9.59. The summed E-state index contributed by atoms with van der Waals surface area (Å²) in [7, 11) is 0. The van der Waals surface area contributed by atoms with Gasteiger partial charge in [0.15, 0.2) is 0 Å². The summed E-state index contributed by atoms with van der Waals surface area (Å²) in [5, 5.41) is 0.169. The van der Waals surface area contributed by atoms with Gasteiger partial charge in [0.05, 0.1) is 0 Å². The van der Waals surface area contributed by atoms with Gasteiger partial charge in [0.1, 0.15) is 17.7 Å². The van der Waals surface area contributed by atoms with Crippen LogP contribution in [0.15, 0.2) is 24.3 Å². The maximum Gasteiger partial charge on any atom is 0.123 e. The molecule has 1 saturated carbocycles. The highest BCUT2D eigenvalue weighted by molar-refractivity contribution is 6.21. The van der Waals surface area contributed by atoms with Crippen LogP contribution in [0, 0.1) is 11.2 Å². The topological polar surface area (TPSA) is 9.23 Å². The number of hydrogen-bond donors (Lipinski definition) is 0. The first-order chi connectivity index (χ1) is 7.00.